The van der Waals surface area contributed by atoms with Crippen molar-refractivity contribution in [3.05, 3.63) is 58.4 Å². The lowest BCUT2D eigenvalue weighted by molar-refractivity contribution is 0.0593. The minimum absolute atomic E-state index is 0.0343. The van der Waals surface area contributed by atoms with E-state index in [1.807, 2.05) is 0 Å². The van der Waals surface area contributed by atoms with Gasteiger partial charge in [0.25, 0.3) is 0 Å². The van der Waals surface area contributed by atoms with Crippen molar-refractivity contribution in [3.8, 4) is 11.1 Å². The van der Waals surface area contributed by atoms with Crippen LogP contribution in [0.3, 0.4) is 0 Å². The molecule has 5 rings (SSSR count). The van der Waals surface area contributed by atoms with E-state index in [1.54, 1.807) is 29.9 Å². The molecule has 1 fully saturated rings. The third-order valence-electron chi connectivity index (χ3n) is 5.99. The Morgan fingerprint density at radius 1 is 1.25 bits per heavy atom. The van der Waals surface area contributed by atoms with Gasteiger partial charge < -0.3 is 9.47 Å². The van der Waals surface area contributed by atoms with E-state index in [9.17, 15) is 9.18 Å². The summed E-state index contributed by atoms with van der Waals surface area (Å²) in [4.78, 5) is 21.3. The molecule has 1 aromatic carbocycles. The van der Waals surface area contributed by atoms with Crippen LogP contribution in [-0.2, 0) is 23.1 Å². The molecule has 0 N–H and O–H groups in total. The first-order valence-electron chi connectivity index (χ1n) is 10.4. The molecule has 1 aliphatic rings. The van der Waals surface area contributed by atoms with Crippen LogP contribution in [0.15, 0.2) is 35.3 Å². The van der Waals surface area contributed by atoms with Crippen molar-refractivity contribution in [1.29, 1.82) is 0 Å². The van der Waals surface area contributed by atoms with E-state index >= 15 is 4.39 Å². The fourth-order valence-electron chi connectivity index (χ4n) is 4.42. The van der Waals surface area contributed by atoms with E-state index in [4.69, 9.17) is 9.47 Å². The molecule has 166 valence electrons. The predicted molar refractivity (Wildman–Crippen MR) is 115 cm³/mol. The number of imidazole rings is 1. The first kappa shape index (κ1) is 20.7. The molecule has 4 aromatic rings. The zero-order valence-electron chi connectivity index (χ0n) is 17.8. The maximum Gasteiger partial charge on any atom is 0.329 e. The minimum Gasteiger partial charge on any atom is -0.379 e. The number of rotatable bonds is 4. The monoisotopic (exact) mass is 440 g/mol. The fraction of sp³-hybridized carbons (Fsp3) is 0.348. The van der Waals surface area contributed by atoms with Crippen molar-refractivity contribution in [3.63, 3.8) is 0 Å². The Balaban J connectivity index is 1.77. The van der Waals surface area contributed by atoms with Crippen molar-refractivity contribution in [2.24, 2.45) is 7.05 Å². The summed E-state index contributed by atoms with van der Waals surface area (Å²) in [5.41, 5.74) is 1.97. The van der Waals surface area contributed by atoms with E-state index in [2.05, 4.69) is 9.97 Å². The van der Waals surface area contributed by atoms with Crippen LogP contribution in [0.4, 0.5) is 8.78 Å². The zero-order valence-corrected chi connectivity index (χ0v) is 17.8. The summed E-state index contributed by atoms with van der Waals surface area (Å²) in [5, 5.41) is 0.572. The quantitative estimate of drug-likeness (QED) is 0.453. The van der Waals surface area contributed by atoms with Gasteiger partial charge in [-0.15, -0.1) is 0 Å². The third-order valence-corrected chi connectivity index (χ3v) is 5.99. The molecule has 1 atom stereocenters. The largest absolute Gasteiger partial charge is 0.379 e. The Hall–Kier alpha value is -3.17. The number of aryl methyl sites for hydroxylation is 1. The molecule has 0 amide bonds. The maximum absolute atomic E-state index is 15.0. The van der Waals surface area contributed by atoms with Gasteiger partial charge in [-0.2, -0.15) is 4.39 Å². The summed E-state index contributed by atoms with van der Waals surface area (Å²) in [6.07, 6.45) is 3.22. The first-order chi connectivity index (χ1) is 15.5. The number of pyridine rings is 2. The van der Waals surface area contributed by atoms with Crippen LogP contribution in [0.5, 0.6) is 0 Å². The Kier molecular flexibility index (Phi) is 5.22. The van der Waals surface area contributed by atoms with E-state index in [-0.39, 0.29) is 29.5 Å². The van der Waals surface area contributed by atoms with Crippen LogP contribution in [0.1, 0.15) is 24.6 Å². The number of benzene rings is 1. The smallest absolute Gasteiger partial charge is 0.329 e. The van der Waals surface area contributed by atoms with Crippen molar-refractivity contribution >= 4 is 21.9 Å². The summed E-state index contributed by atoms with van der Waals surface area (Å²) in [6, 6.07) is 5.77. The lowest BCUT2D eigenvalue weighted by Gasteiger charge is -2.23. The molecular formula is C23H22F2N4O3. The highest BCUT2D eigenvalue weighted by Crippen LogP contribution is 2.33. The maximum atomic E-state index is 15.0. The van der Waals surface area contributed by atoms with Crippen molar-refractivity contribution in [1.82, 2.24) is 19.1 Å². The van der Waals surface area contributed by atoms with Gasteiger partial charge in [0.15, 0.2) is 0 Å². The number of methoxy groups -OCH3 is 1. The molecule has 1 saturated heterocycles. The zero-order chi connectivity index (χ0) is 22.4. The molecule has 1 unspecified atom stereocenters. The van der Waals surface area contributed by atoms with Crippen LogP contribution in [0.2, 0.25) is 0 Å². The second-order valence-electron chi connectivity index (χ2n) is 8.00. The van der Waals surface area contributed by atoms with Crippen LogP contribution >= 0.6 is 0 Å². The number of hydrogen-bond acceptors (Lipinski definition) is 5. The highest BCUT2D eigenvalue weighted by atomic mass is 19.1. The molecule has 32 heavy (non-hydrogen) atoms. The number of hydrogen-bond donors (Lipinski definition) is 0. The van der Waals surface area contributed by atoms with Crippen molar-refractivity contribution in [2.45, 2.75) is 25.5 Å². The Labute approximate surface area is 182 Å². The molecule has 4 heterocycles. The molecule has 0 aliphatic carbocycles. The lowest BCUT2D eigenvalue weighted by Crippen LogP contribution is -2.31. The van der Waals surface area contributed by atoms with E-state index in [0.29, 0.717) is 40.8 Å². The summed E-state index contributed by atoms with van der Waals surface area (Å²) in [7, 11) is 3.17. The van der Waals surface area contributed by atoms with Crippen LogP contribution in [-0.4, -0.2) is 39.4 Å². The Bertz CT molecular complexity index is 1390. The van der Waals surface area contributed by atoms with Gasteiger partial charge in [0.2, 0.25) is 5.95 Å². The first-order valence-corrected chi connectivity index (χ1v) is 10.4. The summed E-state index contributed by atoms with van der Waals surface area (Å²) < 4.78 is 43.6. The van der Waals surface area contributed by atoms with Crippen molar-refractivity contribution in [2.75, 3.05) is 20.3 Å². The predicted octanol–water partition coefficient (Wildman–Crippen LogP) is 3.73. The fourth-order valence-corrected chi connectivity index (χ4v) is 4.42. The van der Waals surface area contributed by atoms with Gasteiger partial charge in [-0.05, 0) is 31.0 Å². The average Bonchev–Trinajstić information content (AvgIpc) is 3.05. The second kappa shape index (κ2) is 8.07. The van der Waals surface area contributed by atoms with Crippen LogP contribution < -0.4 is 5.69 Å². The van der Waals surface area contributed by atoms with Gasteiger partial charge in [-0.25, -0.2) is 14.2 Å². The molecule has 7 nitrogen and oxygen atoms in total. The number of fused-ring (bicyclic) bond motifs is 3. The van der Waals surface area contributed by atoms with Gasteiger partial charge in [0, 0.05) is 43.3 Å². The van der Waals surface area contributed by atoms with Crippen molar-refractivity contribution < 1.29 is 18.3 Å². The highest BCUT2D eigenvalue weighted by molar-refractivity contribution is 6.04. The molecule has 3 aromatic heterocycles. The molecular weight excluding hydrogens is 418 g/mol. The second-order valence-corrected chi connectivity index (χ2v) is 8.00. The molecule has 0 radical (unpaired) electrons. The summed E-state index contributed by atoms with van der Waals surface area (Å²) >= 11 is 0. The van der Waals surface area contributed by atoms with Gasteiger partial charge in [-0.3, -0.25) is 14.1 Å². The minimum atomic E-state index is -0.788. The highest BCUT2D eigenvalue weighted by Gasteiger charge is 2.24. The Morgan fingerprint density at radius 2 is 2.09 bits per heavy atom. The lowest BCUT2D eigenvalue weighted by atomic mass is 10.0. The number of halogens is 2. The Morgan fingerprint density at radius 3 is 2.81 bits per heavy atom. The summed E-state index contributed by atoms with van der Waals surface area (Å²) in [5.74, 6) is -1.40. The van der Waals surface area contributed by atoms with Gasteiger partial charge >= 0.3 is 5.69 Å². The topological polar surface area (TPSA) is 71.2 Å². The molecule has 9 heteroatoms. The third kappa shape index (κ3) is 3.28. The molecule has 0 bridgehead atoms. The van der Waals surface area contributed by atoms with Gasteiger partial charge in [0.05, 0.1) is 47.7 Å². The van der Waals surface area contributed by atoms with Crippen LogP contribution in [0.25, 0.3) is 33.1 Å². The normalized spacial score (nSPS) is 16.8. The standard InChI is InChI=1S/C23H22F2N4O3/c1-28-20-10-26-19-9-18(24)16(15-6-5-13(11-31-2)27-22(15)25)8-17(19)21(20)29(23(28)30)14-4-3-7-32-12-14/h5-6,8-10,14H,3-4,7,11-12H2,1-2H3. The van der Waals surface area contributed by atoms with Gasteiger partial charge in [-0.1, -0.05) is 0 Å². The summed E-state index contributed by atoms with van der Waals surface area (Å²) in [6.45, 7) is 1.25. The average molecular weight is 440 g/mol. The number of nitrogens with zero attached hydrogens (tertiary/aromatic N) is 4. The molecule has 1 aliphatic heterocycles. The molecule has 0 saturated carbocycles. The van der Waals surface area contributed by atoms with E-state index in [0.717, 1.165) is 12.8 Å². The van der Waals surface area contributed by atoms with E-state index < -0.39 is 11.8 Å². The SMILES string of the molecule is COCc1ccc(-c2cc3c(cc2F)ncc2c3n(C3CCCOC3)c(=O)n2C)c(F)n1. The van der Waals surface area contributed by atoms with Gasteiger partial charge in [0.1, 0.15) is 5.82 Å². The van der Waals surface area contributed by atoms with E-state index in [1.165, 1.54) is 23.8 Å². The molecule has 0 spiro atoms. The number of aromatic nitrogens is 4. The van der Waals surface area contributed by atoms with Crippen LogP contribution in [0, 0.1) is 11.8 Å². The number of ether oxygens (including phenoxy) is 2.